The van der Waals surface area contributed by atoms with Crippen molar-refractivity contribution in [3.63, 3.8) is 0 Å². The molecular weight excluding hydrogens is 252 g/mol. The van der Waals surface area contributed by atoms with E-state index in [1.54, 1.807) is 0 Å². The van der Waals surface area contributed by atoms with E-state index < -0.39 is 5.60 Å². The Labute approximate surface area is 122 Å². The van der Waals surface area contributed by atoms with Crippen molar-refractivity contribution in [1.82, 2.24) is 10.6 Å². The summed E-state index contributed by atoms with van der Waals surface area (Å²) in [5.74, 6) is 0.776. The molecule has 2 aliphatic rings. The number of amides is 1. The molecule has 2 fully saturated rings. The number of hydrogen-bond acceptors (Lipinski definition) is 3. The number of carbonyl (C=O) groups is 1. The summed E-state index contributed by atoms with van der Waals surface area (Å²) in [5.41, 5.74) is -0.672. The third-order valence-electron chi connectivity index (χ3n) is 5.13. The van der Waals surface area contributed by atoms with Crippen molar-refractivity contribution in [3.8, 4) is 0 Å². The SMILES string of the molecule is CCC1CCC(O)(CNC(=O)CNC2CCCC2)CC1. The quantitative estimate of drug-likeness (QED) is 0.698. The smallest absolute Gasteiger partial charge is 0.234 e. The Hall–Kier alpha value is -0.610. The van der Waals surface area contributed by atoms with Crippen molar-refractivity contribution >= 4 is 5.91 Å². The van der Waals surface area contributed by atoms with Crippen molar-refractivity contribution in [2.24, 2.45) is 5.92 Å². The lowest BCUT2D eigenvalue weighted by Gasteiger charge is -2.35. The molecule has 0 aliphatic heterocycles. The van der Waals surface area contributed by atoms with E-state index in [1.165, 1.54) is 32.1 Å². The van der Waals surface area contributed by atoms with E-state index in [9.17, 15) is 9.90 Å². The second-order valence-corrected chi connectivity index (χ2v) is 6.71. The summed E-state index contributed by atoms with van der Waals surface area (Å²) in [6, 6.07) is 0.517. The van der Waals surface area contributed by atoms with Gasteiger partial charge in [-0.25, -0.2) is 0 Å². The largest absolute Gasteiger partial charge is 0.388 e. The van der Waals surface area contributed by atoms with E-state index in [0.29, 0.717) is 19.1 Å². The van der Waals surface area contributed by atoms with Crippen LogP contribution in [0.15, 0.2) is 0 Å². The predicted octanol–water partition coefficient (Wildman–Crippen LogP) is 1.97. The molecule has 0 spiro atoms. The van der Waals surface area contributed by atoms with Gasteiger partial charge in [0.05, 0.1) is 12.1 Å². The van der Waals surface area contributed by atoms with Crippen LogP contribution in [0.3, 0.4) is 0 Å². The minimum atomic E-state index is -0.672. The minimum absolute atomic E-state index is 0.0166. The van der Waals surface area contributed by atoms with E-state index in [0.717, 1.165) is 31.6 Å². The van der Waals surface area contributed by atoms with Gasteiger partial charge < -0.3 is 15.7 Å². The summed E-state index contributed by atoms with van der Waals surface area (Å²) in [4.78, 5) is 11.8. The number of carbonyl (C=O) groups excluding carboxylic acids is 1. The van der Waals surface area contributed by atoms with Gasteiger partial charge in [0.25, 0.3) is 0 Å². The van der Waals surface area contributed by atoms with Crippen molar-refractivity contribution in [3.05, 3.63) is 0 Å². The Kier molecular flexibility index (Phi) is 5.85. The van der Waals surface area contributed by atoms with Crippen LogP contribution < -0.4 is 10.6 Å². The lowest BCUT2D eigenvalue weighted by Crippen LogP contribution is -2.47. The zero-order chi connectivity index (χ0) is 14.4. The van der Waals surface area contributed by atoms with Crippen LogP contribution in [0.5, 0.6) is 0 Å². The number of nitrogens with one attached hydrogen (secondary N) is 2. The fourth-order valence-electron chi connectivity index (χ4n) is 3.49. The molecule has 0 radical (unpaired) electrons. The summed E-state index contributed by atoms with van der Waals surface area (Å²) in [6.07, 6.45) is 9.95. The first-order valence-corrected chi connectivity index (χ1v) is 8.34. The molecule has 2 saturated carbocycles. The van der Waals surface area contributed by atoms with E-state index in [4.69, 9.17) is 0 Å². The molecular formula is C16H30N2O2. The van der Waals surface area contributed by atoms with Crippen LogP contribution in [-0.4, -0.2) is 35.7 Å². The summed E-state index contributed by atoms with van der Waals surface area (Å²) >= 11 is 0. The first-order valence-electron chi connectivity index (χ1n) is 8.34. The Morgan fingerprint density at radius 2 is 1.85 bits per heavy atom. The van der Waals surface area contributed by atoms with Crippen LogP contribution in [0.1, 0.15) is 64.7 Å². The molecule has 4 heteroatoms. The molecule has 0 heterocycles. The van der Waals surface area contributed by atoms with Crippen LogP contribution in [0.2, 0.25) is 0 Å². The molecule has 0 aromatic heterocycles. The Morgan fingerprint density at radius 3 is 2.45 bits per heavy atom. The van der Waals surface area contributed by atoms with Crippen LogP contribution in [0.4, 0.5) is 0 Å². The minimum Gasteiger partial charge on any atom is -0.388 e. The molecule has 4 nitrogen and oxygen atoms in total. The average Bonchev–Trinajstić information content (AvgIpc) is 2.97. The lowest BCUT2D eigenvalue weighted by molar-refractivity contribution is -0.122. The summed E-state index contributed by atoms with van der Waals surface area (Å²) in [5, 5.41) is 16.7. The third-order valence-corrected chi connectivity index (χ3v) is 5.13. The predicted molar refractivity (Wildman–Crippen MR) is 80.5 cm³/mol. The van der Waals surface area contributed by atoms with Crippen molar-refractivity contribution in [1.29, 1.82) is 0 Å². The Balaban J connectivity index is 1.62. The second kappa shape index (κ2) is 7.41. The second-order valence-electron chi connectivity index (χ2n) is 6.71. The van der Waals surface area contributed by atoms with Crippen LogP contribution in [-0.2, 0) is 4.79 Å². The molecule has 0 saturated heterocycles. The third kappa shape index (κ3) is 4.74. The van der Waals surface area contributed by atoms with Gasteiger partial charge in [-0.05, 0) is 44.4 Å². The van der Waals surface area contributed by atoms with Crippen molar-refractivity contribution in [2.75, 3.05) is 13.1 Å². The van der Waals surface area contributed by atoms with Gasteiger partial charge in [-0.3, -0.25) is 4.79 Å². The molecule has 0 unspecified atom stereocenters. The van der Waals surface area contributed by atoms with Gasteiger partial charge in [-0.2, -0.15) is 0 Å². The van der Waals surface area contributed by atoms with Gasteiger partial charge in [-0.15, -0.1) is 0 Å². The first-order chi connectivity index (χ1) is 9.61. The molecule has 0 atom stereocenters. The molecule has 0 aromatic rings. The van der Waals surface area contributed by atoms with Crippen molar-refractivity contribution < 1.29 is 9.90 Å². The molecule has 0 aromatic carbocycles. The fraction of sp³-hybridized carbons (Fsp3) is 0.938. The van der Waals surface area contributed by atoms with E-state index in [2.05, 4.69) is 17.6 Å². The molecule has 20 heavy (non-hydrogen) atoms. The Bertz CT molecular complexity index is 306. The average molecular weight is 282 g/mol. The first kappa shape index (κ1) is 15.8. The van der Waals surface area contributed by atoms with Gasteiger partial charge in [0.1, 0.15) is 0 Å². The number of rotatable bonds is 6. The van der Waals surface area contributed by atoms with Gasteiger partial charge in [0.15, 0.2) is 0 Å². The van der Waals surface area contributed by atoms with Crippen LogP contribution in [0, 0.1) is 5.92 Å². The highest BCUT2D eigenvalue weighted by Gasteiger charge is 2.32. The molecule has 116 valence electrons. The lowest BCUT2D eigenvalue weighted by atomic mass is 9.78. The molecule has 2 aliphatic carbocycles. The van der Waals surface area contributed by atoms with Gasteiger partial charge in [0, 0.05) is 12.6 Å². The monoisotopic (exact) mass is 282 g/mol. The zero-order valence-corrected chi connectivity index (χ0v) is 12.8. The molecule has 1 amide bonds. The molecule has 0 bridgehead atoms. The summed E-state index contributed by atoms with van der Waals surface area (Å²) < 4.78 is 0. The maximum atomic E-state index is 11.8. The standard InChI is InChI=1S/C16H30N2O2/c1-2-13-7-9-16(20,10-8-13)12-18-15(19)11-17-14-5-3-4-6-14/h13-14,17,20H,2-12H2,1H3,(H,18,19). The Morgan fingerprint density at radius 1 is 1.20 bits per heavy atom. The number of aliphatic hydroxyl groups is 1. The highest BCUT2D eigenvalue weighted by molar-refractivity contribution is 5.78. The zero-order valence-electron chi connectivity index (χ0n) is 12.8. The van der Waals surface area contributed by atoms with Gasteiger partial charge >= 0.3 is 0 Å². The van der Waals surface area contributed by atoms with E-state index in [-0.39, 0.29) is 5.91 Å². The highest BCUT2D eigenvalue weighted by Crippen LogP contribution is 2.33. The topological polar surface area (TPSA) is 61.4 Å². The number of hydrogen-bond donors (Lipinski definition) is 3. The van der Waals surface area contributed by atoms with Crippen LogP contribution in [0.25, 0.3) is 0 Å². The normalized spacial score (nSPS) is 31.4. The van der Waals surface area contributed by atoms with Gasteiger partial charge in [-0.1, -0.05) is 26.2 Å². The highest BCUT2D eigenvalue weighted by atomic mass is 16.3. The summed E-state index contributed by atoms with van der Waals surface area (Å²) in [7, 11) is 0. The van der Waals surface area contributed by atoms with E-state index in [1.807, 2.05) is 0 Å². The summed E-state index contributed by atoms with van der Waals surface area (Å²) in [6.45, 7) is 3.01. The maximum absolute atomic E-state index is 11.8. The van der Waals surface area contributed by atoms with E-state index >= 15 is 0 Å². The maximum Gasteiger partial charge on any atom is 0.234 e. The fourth-order valence-corrected chi connectivity index (χ4v) is 3.49. The molecule has 3 N–H and O–H groups in total. The van der Waals surface area contributed by atoms with Crippen LogP contribution >= 0.6 is 0 Å². The molecule has 2 rings (SSSR count). The van der Waals surface area contributed by atoms with Crippen molar-refractivity contribution in [2.45, 2.75) is 76.4 Å². The van der Waals surface area contributed by atoms with Gasteiger partial charge in [0.2, 0.25) is 5.91 Å².